The average molecular weight is 513 g/mol. The molecule has 0 amide bonds. The van der Waals surface area contributed by atoms with Gasteiger partial charge in [0, 0.05) is 16.8 Å². The van der Waals surface area contributed by atoms with Gasteiger partial charge < -0.3 is 9.32 Å². The highest BCUT2D eigenvalue weighted by molar-refractivity contribution is 6.09. The molecule has 0 N–H and O–H groups in total. The highest BCUT2D eigenvalue weighted by Gasteiger charge is 2.17. The summed E-state index contributed by atoms with van der Waals surface area (Å²) >= 11 is 0. The van der Waals surface area contributed by atoms with Crippen molar-refractivity contribution in [3.8, 4) is 11.1 Å². The number of nitrogens with zero attached hydrogens (tertiary/aromatic N) is 2. The van der Waals surface area contributed by atoms with Gasteiger partial charge >= 0.3 is 0 Å². The first-order chi connectivity index (χ1) is 19.8. The quantitative estimate of drug-likeness (QED) is 0.220. The zero-order chi connectivity index (χ0) is 26.5. The van der Waals surface area contributed by atoms with E-state index in [0.29, 0.717) is 5.71 Å². The summed E-state index contributed by atoms with van der Waals surface area (Å²) in [6.45, 7) is 0. The van der Waals surface area contributed by atoms with Crippen molar-refractivity contribution in [3.63, 3.8) is 0 Å². The van der Waals surface area contributed by atoms with Crippen LogP contribution in [0.4, 0.5) is 17.1 Å². The van der Waals surface area contributed by atoms with Crippen molar-refractivity contribution in [2.24, 2.45) is 0 Å². The first-order valence-electron chi connectivity index (χ1n) is 13.5. The van der Waals surface area contributed by atoms with Crippen LogP contribution < -0.4 is 4.90 Å². The molecule has 0 aliphatic rings. The second-order valence-corrected chi connectivity index (χ2v) is 10.1. The van der Waals surface area contributed by atoms with Crippen LogP contribution in [-0.4, -0.2) is 4.98 Å². The molecule has 0 bridgehead atoms. The van der Waals surface area contributed by atoms with E-state index >= 15 is 0 Å². The molecule has 0 spiro atoms. The van der Waals surface area contributed by atoms with Gasteiger partial charge in [-0.1, -0.05) is 103 Å². The molecule has 0 atom stereocenters. The Morgan fingerprint density at radius 2 is 1.07 bits per heavy atom. The van der Waals surface area contributed by atoms with E-state index in [1.807, 2.05) is 30.5 Å². The van der Waals surface area contributed by atoms with Crippen LogP contribution in [0.1, 0.15) is 0 Å². The largest absolute Gasteiger partial charge is 0.438 e. The van der Waals surface area contributed by atoms with Crippen molar-refractivity contribution in [2.75, 3.05) is 4.90 Å². The number of para-hydroxylation sites is 1. The minimum atomic E-state index is 0.647. The zero-order valence-corrected chi connectivity index (χ0v) is 21.7. The van der Waals surface area contributed by atoms with Crippen LogP contribution in [0, 0.1) is 0 Å². The van der Waals surface area contributed by atoms with Gasteiger partial charge in [-0.2, -0.15) is 0 Å². The first kappa shape index (κ1) is 22.6. The topological polar surface area (TPSA) is 29.3 Å². The van der Waals surface area contributed by atoms with Crippen LogP contribution in [-0.2, 0) is 0 Å². The number of aromatic nitrogens is 1. The SMILES string of the molecule is c1ccc(-c2ccc(N(c3ccc4ccc5ccccc5c4c3)c3cnc4oc5ccccc5c4c3)cc2)cc1. The summed E-state index contributed by atoms with van der Waals surface area (Å²) < 4.78 is 6.04. The van der Waals surface area contributed by atoms with Crippen LogP contribution in [0.5, 0.6) is 0 Å². The molecular formula is C37H24N2O. The summed E-state index contributed by atoms with van der Waals surface area (Å²) in [5.41, 5.74) is 6.99. The lowest BCUT2D eigenvalue weighted by molar-refractivity contribution is 0.654. The van der Waals surface area contributed by atoms with E-state index in [1.165, 1.54) is 32.7 Å². The van der Waals surface area contributed by atoms with Crippen molar-refractivity contribution in [2.45, 2.75) is 0 Å². The number of benzene rings is 6. The molecule has 0 unspecified atom stereocenters. The summed E-state index contributed by atoms with van der Waals surface area (Å²) in [7, 11) is 0. The van der Waals surface area contributed by atoms with E-state index in [2.05, 4.69) is 120 Å². The molecule has 0 radical (unpaired) electrons. The lowest BCUT2D eigenvalue weighted by atomic mass is 10.0. The Labute approximate surface area is 231 Å². The Hall–Kier alpha value is -5.41. The van der Waals surface area contributed by atoms with Crippen LogP contribution >= 0.6 is 0 Å². The molecule has 3 nitrogen and oxygen atoms in total. The third kappa shape index (κ3) is 3.71. The molecule has 0 aliphatic heterocycles. The average Bonchev–Trinajstić information content (AvgIpc) is 3.40. The molecule has 40 heavy (non-hydrogen) atoms. The van der Waals surface area contributed by atoms with Crippen molar-refractivity contribution >= 4 is 60.7 Å². The molecule has 8 aromatic rings. The third-order valence-corrected chi connectivity index (χ3v) is 7.70. The molecule has 2 heterocycles. The molecule has 0 saturated carbocycles. The number of hydrogen-bond acceptors (Lipinski definition) is 3. The Balaban J connectivity index is 1.34. The number of fused-ring (bicyclic) bond motifs is 6. The molecular weight excluding hydrogens is 488 g/mol. The fourth-order valence-corrected chi connectivity index (χ4v) is 5.73. The fraction of sp³-hybridized carbons (Fsp3) is 0. The maximum absolute atomic E-state index is 6.04. The summed E-state index contributed by atoms with van der Waals surface area (Å²) in [5, 5.41) is 7.00. The summed E-state index contributed by atoms with van der Waals surface area (Å²) in [5.74, 6) is 0. The first-order valence-corrected chi connectivity index (χ1v) is 13.5. The predicted molar refractivity (Wildman–Crippen MR) is 167 cm³/mol. The lowest BCUT2D eigenvalue weighted by Gasteiger charge is -2.26. The highest BCUT2D eigenvalue weighted by atomic mass is 16.3. The summed E-state index contributed by atoms with van der Waals surface area (Å²) in [6.07, 6.45) is 1.91. The van der Waals surface area contributed by atoms with Crippen molar-refractivity contribution < 1.29 is 4.42 Å². The Bertz CT molecular complexity index is 2160. The highest BCUT2D eigenvalue weighted by Crippen LogP contribution is 2.40. The Morgan fingerprint density at radius 3 is 1.93 bits per heavy atom. The standard InChI is InChI=1S/C37H24N2O/c1-2-8-25(9-3-1)26-16-19-29(20-17-26)39(31-23-35-33-12-6-7-13-36(33)40-37(35)38-24-31)30-21-18-28-15-14-27-10-4-5-11-32(27)34(28)22-30/h1-24H. The number of rotatable bonds is 4. The predicted octanol–water partition coefficient (Wildman–Crippen LogP) is 10.4. The normalized spacial score (nSPS) is 11.5. The van der Waals surface area contributed by atoms with Gasteiger partial charge in [-0.05, 0) is 69.1 Å². The lowest BCUT2D eigenvalue weighted by Crippen LogP contribution is -2.10. The molecule has 8 rings (SSSR count). The van der Waals surface area contributed by atoms with Gasteiger partial charge in [-0.25, -0.2) is 4.98 Å². The Kier molecular flexibility index (Phi) is 5.14. The number of hydrogen-bond donors (Lipinski definition) is 0. The van der Waals surface area contributed by atoms with E-state index in [0.717, 1.165) is 33.4 Å². The second kappa shape index (κ2) is 9.11. The van der Waals surface area contributed by atoms with E-state index in [9.17, 15) is 0 Å². The van der Waals surface area contributed by atoms with Gasteiger partial charge in [0.1, 0.15) is 5.58 Å². The van der Waals surface area contributed by atoms with Crippen molar-refractivity contribution in [1.29, 1.82) is 0 Å². The molecule has 0 aliphatic carbocycles. The van der Waals surface area contributed by atoms with Crippen LogP contribution in [0.25, 0.3) is 54.7 Å². The van der Waals surface area contributed by atoms with Crippen LogP contribution in [0.3, 0.4) is 0 Å². The van der Waals surface area contributed by atoms with Crippen LogP contribution in [0.2, 0.25) is 0 Å². The van der Waals surface area contributed by atoms with Crippen molar-refractivity contribution in [3.05, 3.63) is 146 Å². The molecule has 3 heteroatoms. The van der Waals surface area contributed by atoms with Gasteiger partial charge in [0.25, 0.3) is 0 Å². The number of pyridine rings is 1. The van der Waals surface area contributed by atoms with Gasteiger partial charge in [-0.3, -0.25) is 0 Å². The van der Waals surface area contributed by atoms with E-state index in [1.54, 1.807) is 0 Å². The third-order valence-electron chi connectivity index (χ3n) is 7.70. The van der Waals surface area contributed by atoms with Gasteiger partial charge in [0.15, 0.2) is 0 Å². The monoisotopic (exact) mass is 512 g/mol. The molecule has 0 saturated heterocycles. The molecule has 2 aromatic heterocycles. The minimum Gasteiger partial charge on any atom is -0.438 e. The van der Waals surface area contributed by atoms with Gasteiger partial charge in [-0.15, -0.1) is 0 Å². The van der Waals surface area contributed by atoms with Crippen LogP contribution in [0.15, 0.2) is 150 Å². The maximum Gasteiger partial charge on any atom is 0.227 e. The van der Waals surface area contributed by atoms with Gasteiger partial charge in [0.05, 0.1) is 17.3 Å². The molecule has 0 fully saturated rings. The minimum absolute atomic E-state index is 0.647. The fourth-order valence-electron chi connectivity index (χ4n) is 5.73. The smallest absolute Gasteiger partial charge is 0.227 e. The molecule has 6 aromatic carbocycles. The van der Waals surface area contributed by atoms with E-state index in [-0.39, 0.29) is 0 Å². The Morgan fingerprint density at radius 1 is 0.450 bits per heavy atom. The van der Waals surface area contributed by atoms with E-state index in [4.69, 9.17) is 9.40 Å². The summed E-state index contributed by atoms with van der Waals surface area (Å²) in [4.78, 5) is 7.04. The van der Waals surface area contributed by atoms with Crippen molar-refractivity contribution in [1.82, 2.24) is 4.98 Å². The zero-order valence-electron chi connectivity index (χ0n) is 21.7. The summed E-state index contributed by atoms with van der Waals surface area (Å²) in [6, 6.07) is 49.2. The molecule has 188 valence electrons. The van der Waals surface area contributed by atoms with E-state index < -0.39 is 0 Å². The number of furan rings is 1. The number of anilines is 3. The maximum atomic E-state index is 6.04. The van der Waals surface area contributed by atoms with Gasteiger partial charge in [0.2, 0.25) is 5.71 Å². The second-order valence-electron chi connectivity index (χ2n) is 10.1.